The van der Waals surface area contributed by atoms with Crippen molar-refractivity contribution in [3.63, 3.8) is 0 Å². The van der Waals surface area contributed by atoms with E-state index in [9.17, 15) is 14.4 Å². The van der Waals surface area contributed by atoms with E-state index < -0.39 is 40.1 Å². The van der Waals surface area contributed by atoms with E-state index in [1.165, 1.54) is 12.0 Å². The largest absolute Gasteiger partial charge is 0.468 e. The number of carbonyl (C=O) groups is 3. The summed E-state index contributed by atoms with van der Waals surface area (Å²) >= 11 is 1.05. The van der Waals surface area contributed by atoms with Gasteiger partial charge in [0.25, 0.3) is 0 Å². The molecular weight excluding hydrogens is 356 g/mol. The summed E-state index contributed by atoms with van der Waals surface area (Å²) in [5.41, 5.74) is 5.57. The average Bonchev–Trinajstić information content (AvgIpc) is 3.00. The van der Waals surface area contributed by atoms with Crippen molar-refractivity contribution >= 4 is 29.6 Å². The van der Waals surface area contributed by atoms with Crippen LogP contribution in [0.5, 0.6) is 0 Å². The Balaban J connectivity index is 2.48. The molecule has 1 amide bonds. The molecule has 2 unspecified atom stereocenters. The van der Waals surface area contributed by atoms with E-state index >= 15 is 0 Å². The van der Waals surface area contributed by atoms with Crippen molar-refractivity contribution in [3.8, 4) is 0 Å². The Kier molecular flexibility index (Phi) is 6.30. The van der Waals surface area contributed by atoms with Crippen LogP contribution in [0.15, 0.2) is 30.3 Å². The average molecular weight is 380 g/mol. The number of benzene rings is 1. The molecule has 142 valence electrons. The predicted octanol–water partition coefficient (Wildman–Crippen LogP) is 1.47. The minimum absolute atomic E-state index is 0.281. The Labute approximate surface area is 157 Å². The Morgan fingerprint density at radius 1 is 1.15 bits per heavy atom. The number of nitrogens with two attached hydrogens (primary N) is 1. The van der Waals surface area contributed by atoms with E-state index in [1.807, 2.05) is 6.07 Å². The summed E-state index contributed by atoms with van der Waals surface area (Å²) in [6.45, 7) is 4.95. The summed E-state index contributed by atoms with van der Waals surface area (Å²) in [4.78, 5) is 38.9. The Hall–Kier alpha value is -2.06. The van der Waals surface area contributed by atoms with Crippen molar-refractivity contribution in [1.29, 1.82) is 0 Å². The van der Waals surface area contributed by atoms with Crippen LogP contribution in [0.2, 0.25) is 0 Å². The highest BCUT2D eigenvalue weighted by molar-refractivity contribution is 8.02. The Morgan fingerprint density at radius 2 is 1.77 bits per heavy atom. The normalized spacial score (nSPS) is 22.8. The molecule has 0 bridgehead atoms. The second-order valence-electron chi connectivity index (χ2n) is 6.83. The van der Waals surface area contributed by atoms with Gasteiger partial charge < -0.3 is 20.1 Å². The Morgan fingerprint density at radius 3 is 2.27 bits per heavy atom. The second-order valence-corrected chi connectivity index (χ2v) is 8.05. The third kappa shape index (κ3) is 4.37. The molecule has 2 rings (SSSR count). The van der Waals surface area contributed by atoms with Crippen molar-refractivity contribution in [1.82, 2.24) is 4.90 Å². The molecule has 0 spiro atoms. The van der Waals surface area contributed by atoms with Crippen LogP contribution in [0.3, 0.4) is 0 Å². The fraction of sp³-hybridized carbons (Fsp3) is 0.500. The minimum atomic E-state index is -0.973. The summed E-state index contributed by atoms with van der Waals surface area (Å²) in [7, 11) is 1.28. The quantitative estimate of drug-likeness (QED) is 0.790. The van der Waals surface area contributed by atoms with Gasteiger partial charge in [0.1, 0.15) is 10.9 Å². The number of hydrogen-bond acceptors (Lipinski definition) is 7. The van der Waals surface area contributed by atoms with Gasteiger partial charge in [-0.1, -0.05) is 30.3 Å². The Bertz CT molecular complexity index is 674. The molecule has 0 aliphatic carbocycles. The van der Waals surface area contributed by atoms with Crippen molar-refractivity contribution < 1.29 is 23.9 Å². The minimum Gasteiger partial charge on any atom is -0.468 e. The first kappa shape index (κ1) is 20.3. The molecule has 1 aromatic rings. The van der Waals surface area contributed by atoms with Crippen LogP contribution in [0.1, 0.15) is 32.4 Å². The standard InChI is InChI=1S/C18H24N2O5S/c1-18(2,3)25-17(23)15-20(12(21)10-19)13(11-8-6-5-7-9-11)14(26-15)16(22)24-4/h5-9,13-15H,10,19H2,1-4H3/t13-,14?,15?/m0/s1. The van der Waals surface area contributed by atoms with Crippen molar-refractivity contribution in [2.24, 2.45) is 5.73 Å². The van der Waals surface area contributed by atoms with Gasteiger partial charge in [0.15, 0.2) is 5.37 Å². The predicted molar refractivity (Wildman–Crippen MR) is 98.1 cm³/mol. The maximum absolute atomic E-state index is 12.7. The number of rotatable bonds is 4. The molecule has 1 aromatic carbocycles. The lowest BCUT2D eigenvalue weighted by molar-refractivity contribution is -0.161. The SMILES string of the molecule is COC(=O)C1SC(C(=O)OC(C)(C)C)N(C(=O)CN)[C@H]1c1ccccc1. The van der Waals surface area contributed by atoms with Gasteiger partial charge in [-0.05, 0) is 26.3 Å². The first-order chi connectivity index (χ1) is 12.2. The lowest BCUT2D eigenvalue weighted by atomic mass is 10.0. The molecule has 8 heteroatoms. The molecule has 0 aromatic heterocycles. The molecule has 1 aliphatic rings. The maximum Gasteiger partial charge on any atom is 0.340 e. The number of hydrogen-bond donors (Lipinski definition) is 1. The van der Waals surface area contributed by atoms with Gasteiger partial charge in [-0.3, -0.25) is 9.59 Å². The van der Waals surface area contributed by atoms with Gasteiger partial charge in [0.2, 0.25) is 5.91 Å². The van der Waals surface area contributed by atoms with Crippen molar-refractivity contribution in [2.45, 2.75) is 43.0 Å². The van der Waals surface area contributed by atoms with Crippen LogP contribution < -0.4 is 5.73 Å². The highest BCUT2D eigenvalue weighted by Gasteiger charge is 2.52. The van der Waals surface area contributed by atoms with Crippen LogP contribution in [0, 0.1) is 0 Å². The van der Waals surface area contributed by atoms with Gasteiger partial charge in [0.05, 0.1) is 19.7 Å². The number of thioether (sulfide) groups is 1. The molecule has 0 radical (unpaired) electrons. The van der Waals surface area contributed by atoms with E-state index in [0.717, 1.165) is 17.3 Å². The van der Waals surface area contributed by atoms with Crippen molar-refractivity contribution in [2.75, 3.05) is 13.7 Å². The lowest BCUT2D eigenvalue weighted by Gasteiger charge is -2.30. The molecule has 2 N–H and O–H groups in total. The molecule has 0 saturated carbocycles. The summed E-state index contributed by atoms with van der Waals surface area (Å²) in [5, 5.41) is -1.73. The fourth-order valence-electron chi connectivity index (χ4n) is 2.77. The number of carbonyl (C=O) groups excluding carboxylic acids is 3. The van der Waals surface area contributed by atoms with Crippen LogP contribution in [0.25, 0.3) is 0 Å². The third-order valence-electron chi connectivity index (χ3n) is 3.76. The third-order valence-corrected chi connectivity index (χ3v) is 5.18. The van der Waals surface area contributed by atoms with Gasteiger partial charge in [0, 0.05) is 0 Å². The molecule has 1 aliphatic heterocycles. The number of amides is 1. The van der Waals surface area contributed by atoms with Gasteiger partial charge in [-0.2, -0.15) is 0 Å². The zero-order valence-corrected chi connectivity index (χ0v) is 16.1. The van der Waals surface area contributed by atoms with Crippen LogP contribution in [-0.2, 0) is 23.9 Å². The number of nitrogens with zero attached hydrogens (tertiary/aromatic N) is 1. The fourth-order valence-corrected chi connectivity index (χ4v) is 4.23. The maximum atomic E-state index is 12.7. The lowest BCUT2D eigenvalue weighted by Crippen LogP contribution is -2.46. The van der Waals surface area contributed by atoms with Gasteiger partial charge >= 0.3 is 11.9 Å². The molecule has 26 heavy (non-hydrogen) atoms. The smallest absolute Gasteiger partial charge is 0.340 e. The first-order valence-corrected chi connectivity index (χ1v) is 9.16. The van der Waals surface area contributed by atoms with Crippen LogP contribution in [-0.4, -0.2) is 52.6 Å². The second kappa shape index (κ2) is 8.09. The summed E-state index contributed by atoms with van der Waals surface area (Å²) in [6.07, 6.45) is 0. The van der Waals surface area contributed by atoms with Gasteiger partial charge in [-0.15, -0.1) is 11.8 Å². The molecular formula is C18H24N2O5S. The highest BCUT2D eigenvalue weighted by atomic mass is 32.2. The first-order valence-electron chi connectivity index (χ1n) is 8.22. The van der Waals surface area contributed by atoms with Gasteiger partial charge in [-0.25, -0.2) is 4.79 Å². The van der Waals surface area contributed by atoms with Crippen LogP contribution in [0.4, 0.5) is 0 Å². The zero-order valence-electron chi connectivity index (χ0n) is 15.3. The number of esters is 2. The van der Waals surface area contributed by atoms with E-state index in [4.69, 9.17) is 15.2 Å². The van der Waals surface area contributed by atoms with Crippen molar-refractivity contribution in [3.05, 3.63) is 35.9 Å². The molecule has 3 atom stereocenters. The van der Waals surface area contributed by atoms with Crippen LogP contribution >= 0.6 is 11.8 Å². The molecule has 1 heterocycles. The van der Waals surface area contributed by atoms with E-state index in [0.29, 0.717) is 0 Å². The highest BCUT2D eigenvalue weighted by Crippen LogP contribution is 2.46. The monoisotopic (exact) mass is 380 g/mol. The number of methoxy groups -OCH3 is 1. The number of ether oxygens (including phenoxy) is 2. The molecule has 1 fully saturated rings. The summed E-state index contributed by atoms with van der Waals surface area (Å²) in [5.74, 6) is -1.53. The molecule has 7 nitrogen and oxygen atoms in total. The van der Waals surface area contributed by atoms with E-state index in [2.05, 4.69) is 0 Å². The summed E-state index contributed by atoms with van der Waals surface area (Å²) < 4.78 is 10.3. The molecule has 1 saturated heterocycles. The zero-order chi connectivity index (χ0) is 19.5. The van der Waals surface area contributed by atoms with E-state index in [1.54, 1.807) is 45.0 Å². The van der Waals surface area contributed by atoms with E-state index in [-0.39, 0.29) is 6.54 Å². The summed E-state index contributed by atoms with van der Waals surface area (Å²) in [6, 6.07) is 8.38. The topological polar surface area (TPSA) is 98.9 Å².